The van der Waals surface area contributed by atoms with Crippen LogP contribution in [-0.4, -0.2) is 81.2 Å². The molecular weight excluding hydrogens is 595 g/mol. The second kappa shape index (κ2) is 12.0. The van der Waals surface area contributed by atoms with E-state index in [1.165, 1.54) is 12.1 Å². The number of nitrogens with one attached hydrogen (secondary N) is 2. The fourth-order valence-corrected chi connectivity index (χ4v) is 7.55. The minimum atomic E-state index is -4.95. The highest BCUT2D eigenvalue weighted by molar-refractivity contribution is 7.89. The van der Waals surface area contributed by atoms with Crippen LogP contribution in [0.1, 0.15) is 37.0 Å². The highest BCUT2D eigenvalue weighted by Crippen LogP contribution is 2.44. The Morgan fingerprint density at radius 3 is 2.48 bits per heavy atom. The Kier molecular flexibility index (Phi) is 8.74. The maximum Gasteiger partial charge on any atom is 0.471 e. The molecule has 42 heavy (non-hydrogen) atoms. The molecule has 0 bridgehead atoms. The molecule has 0 radical (unpaired) electrons. The molecule has 226 valence electrons. The maximum absolute atomic E-state index is 13.1. The molecule has 2 fully saturated rings. The zero-order valence-electron chi connectivity index (χ0n) is 22.8. The molecule has 2 aromatic carbocycles. The molecule has 2 N–H and O–H groups in total. The number of nitrogens with zero attached hydrogens (tertiary/aromatic N) is 3. The normalized spacial score (nSPS) is 23.8. The minimum absolute atomic E-state index is 0.105. The predicted molar refractivity (Wildman–Crippen MR) is 150 cm³/mol. The van der Waals surface area contributed by atoms with Gasteiger partial charge in [-0.1, -0.05) is 11.6 Å². The number of halogens is 4. The van der Waals surface area contributed by atoms with Gasteiger partial charge in [-0.25, -0.2) is 18.0 Å². The minimum Gasteiger partial charge on any atom is -0.484 e. The molecule has 3 atom stereocenters. The van der Waals surface area contributed by atoms with E-state index in [1.54, 1.807) is 31.2 Å². The van der Waals surface area contributed by atoms with Gasteiger partial charge in [0, 0.05) is 36.7 Å². The van der Waals surface area contributed by atoms with Crippen molar-refractivity contribution in [2.24, 2.45) is 0 Å². The summed E-state index contributed by atoms with van der Waals surface area (Å²) in [5.41, 5.74) is 1.82. The Balaban J connectivity index is 1.38. The Morgan fingerprint density at radius 1 is 1.17 bits per heavy atom. The number of amides is 1. The molecule has 5 rings (SSSR count). The van der Waals surface area contributed by atoms with Gasteiger partial charge in [0.05, 0.1) is 17.5 Å². The van der Waals surface area contributed by atoms with Crippen LogP contribution >= 0.6 is 11.6 Å². The SMILES string of the molecule is [C-]#[N+]c1cc(Cl)cc2c1C[C@H](N1CCN(C(=O)C(F)(F)F)[C@H](C)C1)[C@H]2Oc1ccc(S(=O)(=O)NC2CCNCC2)cc1. The number of ether oxygens (including phenoxy) is 1. The number of fused-ring (bicyclic) bond motifs is 1. The lowest BCUT2D eigenvalue weighted by Crippen LogP contribution is -2.59. The molecule has 2 aromatic rings. The third-order valence-corrected chi connectivity index (χ3v) is 9.86. The average molecular weight is 626 g/mol. The lowest BCUT2D eigenvalue weighted by Gasteiger charge is -2.43. The molecule has 3 aliphatic rings. The van der Waals surface area contributed by atoms with Gasteiger partial charge in [0.1, 0.15) is 11.9 Å². The number of alkyl halides is 3. The smallest absolute Gasteiger partial charge is 0.471 e. The van der Waals surface area contributed by atoms with Crippen LogP contribution in [0.5, 0.6) is 5.75 Å². The van der Waals surface area contributed by atoms with Crippen LogP contribution in [0.15, 0.2) is 41.3 Å². The quantitative estimate of drug-likeness (QED) is 0.471. The van der Waals surface area contributed by atoms with E-state index in [0.717, 1.165) is 23.6 Å². The largest absolute Gasteiger partial charge is 0.484 e. The molecule has 0 spiro atoms. The molecule has 2 saturated heterocycles. The maximum atomic E-state index is 13.1. The Morgan fingerprint density at radius 2 is 1.86 bits per heavy atom. The van der Waals surface area contributed by atoms with Crippen molar-refractivity contribution in [3.8, 4) is 5.75 Å². The van der Waals surface area contributed by atoms with Crippen molar-refractivity contribution >= 4 is 33.2 Å². The number of piperidine rings is 1. The van der Waals surface area contributed by atoms with Crippen LogP contribution in [0, 0.1) is 6.57 Å². The Hall–Kier alpha value is -2.89. The van der Waals surface area contributed by atoms with Crippen LogP contribution in [0.2, 0.25) is 5.02 Å². The molecule has 9 nitrogen and oxygen atoms in total. The number of sulfonamides is 1. The van der Waals surface area contributed by atoms with Crippen molar-refractivity contribution in [1.82, 2.24) is 19.8 Å². The second-order valence-electron chi connectivity index (χ2n) is 10.9. The van der Waals surface area contributed by atoms with Crippen molar-refractivity contribution in [3.63, 3.8) is 0 Å². The number of hydrogen-bond acceptors (Lipinski definition) is 6. The van der Waals surface area contributed by atoms with E-state index in [1.807, 2.05) is 4.90 Å². The van der Waals surface area contributed by atoms with Gasteiger partial charge in [0.15, 0.2) is 5.69 Å². The monoisotopic (exact) mass is 625 g/mol. The number of carbonyl (C=O) groups is 1. The van der Waals surface area contributed by atoms with Crippen molar-refractivity contribution in [2.75, 3.05) is 32.7 Å². The predicted octanol–water partition coefficient (Wildman–Crippen LogP) is 4.06. The highest BCUT2D eigenvalue weighted by atomic mass is 35.5. The van der Waals surface area contributed by atoms with Gasteiger partial charge in [-0.3, -0.25) is 9.69 Å². The first-order valence-corrected chi connectivity index (χ1v) is 15.5. The van der Waals surface area contributed by atoms with Crippen molar-refractivity contribution in [2.45, 2.75) is 61.5 Å². The third-order valence-electron chi connectivity index (χ3n) is 8.10. The summed E-state index contributed by atoms with van der Waals surface area (Å²) in [5, 5.41) is 3.56. The fraction of sp³-hybridized carbons (Fsp3) is 0.500. The average Bonchev–Trinajstić information content (AvgIpc) is 3.30. The molecule has 0 unspecified atom stereocenters. The summed E-state index contributed by atoms with van der Waals surface area (Å²) in [6, 6.07) is 8.18. The molecule has 14 heteroatoms. The topological polar surface area (TPSA) is 95.3 Å². The van der Waals surface area contributed by atoms with Gasteiger partial charge in [-0.2, -0.15) is 13.2 Å². The number of benzene rings is 2. The van der Waals surface area contributed by atoms with Crippen LogP contribution in [-0.2, 0) is 21.2 Å². The van der Waals surface area contributed by atoms with Gasteiger partial charge in [0.25, 0.3) is 0 Å². The standard InChI is InChI=1S/C28H31ClF3N5O4S/c1-17-16-36(11-12-37(17)27(38)28(30,31)32)25-15-22-23(13-18(29)14-24(22)33-2)26(25)41-20-3-5-21(6-4-20)42(39,40)35-19-7-9-34-10-8-19/h3-6,13-14,17,19,25-26,34-35H,7-12,15-16H2,1H3/t17-,25+,26+/m1/s1. The van der Waals surface area contributed by atoms with E-state index < -0.39 is 34.3 Å². The van der Waals surface area contributed by atoms with E-state index >= 15 is 0 Å². The van der Waals surface area contributed by atoms with Crippen LogP contribution in [0.25, 0.3) is 4.85 Å². The highest BCUT2D eigenvalue weighted by Gasteiger charge is 2.47. The van der Waals surface area contributed by atoms with Crippen molar-refractivity contribution < 1.29 is 31.1 Å². The summed E-state index contributed by atoms with van der Waals surface area (Å²) >= 11 is 6.34. The van der Waals surface area contributed by atoms with E-state index in [4.69, 9.17) is 22.9 Å². The summed E-state index contributed by atoms with van der Waals surface area (Å²) < 4.78 is 74.4. The molecule has 0 saturated carbocycles. The zero-order chi connectivity index (χ0) is 30.2. The van der Waals surface area contributed by atoms with Gasteiger partial charge < -0.3 is 15.0 Å². The van der Waals surface area contributed by atoms with Crippen molar-refractivity contribution in [1.29, 1.82) is 0 Å². The van der Waals surface area contributed by atoms with Crippen LogP contribution in [0.3, 0.4) is 0 Å². The van der Waals surface area contributed by atoms with Gasteiger partial charge in [-0.15, -0.1) is 0 Å². The van der Waals surface area contributed by atoms with E-state index in [-0.39, 0.29) is 36.6 Å². The molecule has 0 aromatic heterocycles. The summed E-state index contributed by atoms with van der Waals surface area (Å²) in [4.78, 5) is 18.5. The molecular formula is C28H31ClF3N5O4S. The number of rotatable bonds is 6. The first-order chi connectivity index (χ1) is 19.9. The van der Waals surface area contributed by atoms with E-state index in [0.29, 0.717) is 41.3 Å². The second-order valence-corrected chi connectivity index (χ2v) is 13.0. The molecule has 2 aliphatic heterocycles. The molecule has 1 amide bonds. The number of hydrogen-bond donors (Lipinski definition) is 2. The zero-order valence-corrected chi connectivity index (χ0v) is 24.4. The molecule has 1 aliphatic carbocycles. The van der Waals surface area contributed by atoms with Crippen LogP contribution in [0.4, 0.5) is 18.9 Å². The summed E-state index contributed by atoms with van der Waals surface area (Å²) in [7, 11) is -3.73. The summed E-state index contributed by atoms with van der Waals surface area (Å²) in [6.07, 6.45) is -3.77. The lowest BCUT2D eigenvalue weighted by atomic mass is 10.1. The van der Waals surface area contributed by atoms with E-state index in [9.17, 15) is 26.4 Å². The van der Waals surface area contributed by atoms with E-state index in [2.05, 4.69) is 14.9 Å². The van der Waals surface area contributed by atoms with Gasteiger partial charge >= 0.3 is 12.1 Å². The first-order valence-electron chi connectivity index (χ1n) is 13.7. The third kappa shape index (κ3) is 6.38. The first kappa shape index (κ1) is 30.6. The lowest BCUT2D eigenvalue weighted by molar-refractivity contribution is -0.190. The van der Waals surface area contributed by atoms with Gasteiger partial charge in [-0.05, 0) is 86.8 Å². The Labute approximate surface area is 247 Å². The number of piperazine rings is 1. The fourth-order valence-electron chi connectivity index (χ4n) is 6.03. The Bertz CT molecular complexity index is 1480. The number of carbonyl (C=O) groups excluding carboxylic acids is 1. The molecule has 2 heterocycles. The van der Waals surface area contributed by atoms with Gasteiger partial charge in [0.2, 0.25) is 10.0 Å². The summed E-state index contributed by atoms with van der Waals surface area (Å²) in [6.45, 7) is 11.0. The summed E-state index contributed by atoms with van der Waals surface area (Å²) in [5.74, 6) is -1.47. The van der Waals surface area contributed by atoms with Crippen molar-refractivity contribution in [3.05, 3.63) is 64.0 Å². The van der Waals surface area contributed by atoms with Crippen LogP contribution < -0.4 is 14.8 Å².